The number of hydrogen-bond donors (Lipinski definition) is 0. The molecule has 30 heavy (non-hydrogen) atoms. The molecular formula is C19H19F4N5O2. The van der Waals surface area contributed by atoms with Crippen molar-refractivity contribution in [1.29, 1.82) is 0 Å². The van der Waals surface area contributed by atoms with Gasteiger partial charge in [0.1, 0.15) is 0 Å². The van der Waals surface area contributed by atoms with E-state index in [-0.39, 0.29) is 23.7 Å². The van der Waals surface area contributed by atoms with Crippen LogP contribution in [0.3, 0.4) is 0 Å². The van der Waals surface area contributed by atoms with Gasteiger partial charge in [-0.1, -0.05) is 5.21 Å². The Morgan fingerprint density at radius 1 is 1.10 bits per heavy atom. The molecule has 3 heterocycles. The van der Waals surface area contributed by atoms with Crippen LogP contribution in [0, 0.1) is 11.6 Å². The molecular weight excluding hydrogens is 406 g/mol. The van der Waals surface area contributed by atoms with E-state index in [1.54, 1.807) is 4.90 Å². The Morgan fingerprint density at radius 2 is 1.83 bits per heavy atom. The summed E-state index contributed by atoms with van der Waals surface area (Å²) in [6, 6.07) is 1.57. The lowest BCUT2D eigenvalue weighted by Gasteiger charge is -2.23. The molecule has 2 amide bonds. The van der Waals surface area contributed by atoms with Gasteiger partial charge in [0.15, 0.2) is 17.3 Å². The van der Waals surface area contributed by atoms with Crippen LogP contribution in [0.4, 0.5) is 17.6 Å². The van der Waals surface area contributed by atoms with Crippen LogP contribution in [0.25, 0.3) is 0 Å². The van der Waals surface area contributed by atoms with Crippen molar-refractivity contribution >= 4 is 11.8 Å². The van der Waals surface area contributed by atoms with Crippen LogP contribution in [0.5, 0.6) is 0 Å². The smallest absolute Gasteiger partial charge is 0.276 e. The summed E-state index contributed by atoms with van der Waals surface area (Å²) in [4.78, 5) is 27.6. The number of benzene rings is 1. The number of nitrogens with zero attached hydrogens (tertiary/aromatic N) is 5. The zero-order valence-electron chi connectivity index (χ0n) is 15.9. The minimum Gasteiger partial charge on any atom is -0.337 e. The van der Waals surface area contributed by atoms with Crippen molar-refractivity contribution < 1.29 is 27.2 Å². The minimum atomic E-state index is -3.13. The number of halogens is 4. The molecule has 0 saturated carbocycles. The molecule has 2 aliphatic heterocycles. The largest absolute Gasteiger partial charge is 0.337 e. The van der Waals surface area contributed by atoms with Gasteiger partial charge in [0, 0.05) is 25.1 Å². The molecule has 4 rings (SSSR count). The molecule has 2 aromatic rings. The first-order chi connectivity index (χ1) is 14.2. The van der Waals surface area contributed by atoms with E-state index in [2.05, 4.69) is 10.3 Å². The van der Waals surface area contributed by atoms with Crippen LogP contribution in [-0.2, 0) is 6.54 Å². The molecule has 1 unspecified atom stereocenters. The third-order valence-electron chi connectivity index (χ3n) is 5.35. The number of rotatable bonds is 4. The Morgan fingerprint density at radius 3 is 2.53 bits per heavy atom. The van der Waals surface area contributed by atoms with Crippen LogP contribution >= 0.6 is 0 Å². The normalized spacial score (nSPS) is 20.7. The van der Waals surface area contributed by atoms with Crippen molar-refractivity contribution in [2.45, 2.75) is 37.8 Å². The Kier molecular flexibility index (Phi) is 5.20. The quantitative estimate of drug-likeness (QED) is 0.706. The Hall–Kier alpha value is -2.98. The predicted molar refractivity (Wildman–Crippen MR) is 95.9 cm³/mol. The second kappa shape index (κ2) is 7.69. The van der Waals surface area contributed by atoms with Crippen molar-refractivity contribution in [1.82, 2.24) is 24.8 Å². The van der Waals surface area contributed by atoms with Crippen LogP contribution in [0.2, 0.25) is 0 Å². The van der Waals surface area contributed by atoms with Crippen molar-refractivity contribution in [2.75, 3.05) is 19.6 Å². The summed E-state index contributed by atoms with van der Waals surface area (Å²) in [6.07, 6.45) is 2.59. The fourth-order valence-electron chi connectivity index (χ4n) is 3.88. The second-order valence-corrected chi connectivity index (χ2v) is 7.60. The predicted octanol–water partition coefficient (Wildman–Crippen LogP) is 2.34. The summed E-state index contributed by atoms with van der Waals surface area (Å²) < 4.78 is 56.0. The molecule has 1 aromatic heterocycles. The SMILES string of the molecule is O=C(c1cn(CC2CC(F)(F)CN2C(=O)c2ccc(F)c(F)c2)nn1)N1CCCC1. The van der Waals surface area contributed by atoms with E-state index in [1.807, 2.05) is 0 Å². The summed E-state index contributed by atoms with van der Waals surface area (Å²) in [7, 11) is 0. The highest BCUT2D eigenvalue weighted by atomic mass is 19.3. The van der Waals surface area contributed by atoms with E-state index in [0.29, 0.717) is 19.2 Å². The van der Waals surface area contributed by atoms with Gasteiger partial charge < -0.3 is 9.80 Å². The van der Waals surface area contributed by atoms with Gasteiger partial charge in [-0.25, -0.2) is 22.2 Å². The molecule has 2 saturated heterocycles. The number of alkyl halides is 2. The van der Waals surface area contributed by atoms with E-state index >= 15 is 0 Å². The summed E-state index contributed by atoms with van der Waals surface area (Å²) >= 11 is 0. The summed E-state index contributed by atoms with van der Waals surface area (Å²) in [5.74, 6) is -6.60. The Balaban J connectivity index is 1.51. The number of aromatic nitrogens is 3. The van der Waals surface area contributed by atoms with Crippen molar-refractivity contribution in [2.24, 2.45) is 0 Å². The van der Waals surface area contributed by atoms with Crippen LogP contribution < -0.4 is 0 Å². The molecule has 160 valence electrons. The first-order valence-electron chi connectivity index (χ1n) is 9.57. The van der Waals surface area contributed by atoms with Gasteiger partial charge in [0.25, 0.3) is 17.7 Å². The molecule has 1 atom stereocenters. The second-order valence-electron chi connectivity index (χ2n) is 7.60. The third-order valence-corrected chi connectivity index (χ3v) is 5.35. The fourth-order valence-corrected chi connectivity index (χ4v) is 3.88. The molecule has 0 spiro atoms. The monoisotopic (exact) mass is 425 g/mol. The highest BCUT2D eigenvalue weighted by Crippen LogP contribution is 2.34. The zero-order valence-corrected chi connectivity index (χ0v) is 15.9. The molecule has 11 heteroatoms. The van der Waals surface area contributed by atoms with Crippen molar-refractivity contribution in [3.05, 3.63) is 47.3 Å². The van der Waals surface area contributed by atoms with Crippen LogP contribution in [-0.4, -0.2) is 68.2 Å². The highest BCUT2D eigenvalue weighted by molar-refractivity contribution is 5.94. The van der Waals surface area contributed by atoms with E-state index in [9.17, 15) is 27.2 Å². The molecule has 2 fully saturated rings. The fraction of sp³-hybridized carbons (Fsp3) is 0.474. The summed E-state index contributed by atoms with van der Waals surface area (Å²) in [5, 5.41) is 7.67. The molecule has 0 aliphatic carbocycles. The maximum atomic E-state index is 14.1. The lowest BCUT2D eigenvalue weighted by atomic mass is 10.1. The summed E-state index contributed by atoms with van der Waals surface area (Å²) in [6.45, 7) is 0.323. The number of hydrogen-bond acceptors (Lipinski definition) is 4. The lowest BCUT2D eigenvalue weighted by molar-refractivity contribution is 0.0117. The molecule has 1 aromatic carbocycles. The Bertz CT molecular complexity index is 974. The van der Waals surface area contributed by atoms with Gasteiger partial charge in [-0.15, -0.1) is 5.10 Å². The molecule has 7 nitrogen and oxygen atoms in total. The maximum Gasteiger partial charge on any atom is 0.276 e. The summed E-state index contributed by atoms with van der Waals surface area (Å²) in [5.41, 5.74) is -0.111. The van der Waals surface area contributed by atoms with Gasteiger partial charge in [-0.2, -0.15) is 0 Å². The zero-order chi connectivity index (χ0) is 21.5. The average molecular weight is 425 g/mol. The van der Waals surface area contributed by atoms with Crippen LogP contribution in [0.15, 0.2) is 24.4 Å². The molecule has 0 bridgehead atoms. The molecule has 2 aliphatic rings. The number of amides is 2. The van der Waals surface area contributed by atoms with E-state index in [0.717, 1.165) is 29.9 Å². The van der Waals surface area contributed by atoms with Gasteiger partial charge in [-0.05, 0) is 31.0 Å². The highest BCUT2D eigenvalue weighted by Gasteiger charge is 2.47. The first kappa shape index (κ1) is 20.3. The van der Waals surface area contributed by atoms with Gasteiger partial charge >= 0.3 is 0 Å². The van der Waals surface area contributed by atoms with E-state index in [4.69, 9.17) is 0 Å². The Labute approximate surface area is 169 Å². The topological polar surface area (TPSA) is 71.3 Å². The third kappa shape index (κ3) is 4.01. The minimum absolute atomic E-state index is 0.106. The van der Waals surface area contributed by atoms with E-state index in [1.165, 1.54) is 10.9 Å². The molecule has 0 N–H and O–H groups in total. The van der Waals surface area contributed by atoms with E-state index < -0.39 is 42.5 Å². The van der Waals surface area contributed by atoms with Crippen LogP contribution in [0.1, 0.15) is 40.1 Å². The number of carbonyl (C=O) groups excluding carboxylic acids is 2. The molecule has 0 radical (unpaired) electrons. The standard InChI is InChI=1S/C19H19F4N5O2/c20-14-4-3-12(7-15(14)21)17(29)28-11-19(22,23)8-13(28)9-27-10-16(24-25-27)18(30)26-5-1-2-6-26/h3-4,7,10,13H,1-2,5-6,8-9,11H2. The lowest BCUT2D eigenvalue weighted by Crippen LogP contribution is -2.39. The average Bonchev–Trinajstić information content (AvgIpc) is 3.43. The first-order valence-corrected chi connectivity index (χ1v) is 9.57. The maximum absolute atomic E-state index is 14.1. The van der Waals surface area contributed by atoms with Crippen molar-refractivity contribution in [3.8, 4) is 0 Å². The van der Waals surface area contributed by atoms with Gasteiger partial charge in [-0.3, -0.25) is 9.59 Å². The number of likely N-dealkylation sites (tertiary alicyclic amines) is 2. The van der Waals surface area contributed by atoms with Crippen molar-refractivity contribution in [3.63, 3.8) is 0 Å². The van der Waals surface area contributed by atoms with Gasteiger partial charge in [0.05, 0.1) is 25.3 Å². The number of carbonyl (C=O) groups is 2. The van der Waals surface area contributed by atoms with Gasteiger partial charge in [0.2, 0.25) is 0 Å².